The van der Waals surface area contributed by atoms with E-state index in [9.17, 15) is 58.5 Å². The van der Waals surface area contributed by atoms with E-state index in [1.54, 1.807) is 66.0 Å². The van der Waals surface area contributed by atoms with Gasteiger partial charge in [-0.3, -0.25) is 33.6 Å². The Hall–Kier alpha value is -4.04. The molecule has 3 heterocycles. The second kappa shape index (κ2) is 36.7. The number of amides is 3. The van der Waals surface area contributed by atoms with E-state index in [-0.39, 0.29) is 79.6 Å². The first-order valence-electron chi connectivity index (χ1n) is 31.7. The molecule has 4 aliphatic rings. The number of halogens is 3. The van der Waals surface area contributed by atoms with Crippen LogP contribution < -0.4 is 10.6 Å². The maximum atomic E-state index is 14.7. The average molecular weight is 1610 g/mol. The second-order valence-electron chi connectivity index (χ2n) is 25.2. The molecule has 21 nitrogen and oxygen atoms in total. The second-order valence-corrected chi connectivity index (χ2v) is 28.5. The zero-order valence-electron chi connectivity index (χ0n) is 54.3. The number of esters is 3. The van der Waals surface area contributed by atoms with Crippen LogP contribution in [0.25, 0.3) is 0 Å². The van der Waals surface area contributed by atoms with Crippen LogP contribution in [0.1, 0.15) is 175 Å². The highest BCUT2D eigenvalue weighted by atomic mass is 127. The Balaban J connectivity index is 1.30. The zero-order chi connectivity index (χ0) is 67.6. The van der Waals surface area contributed by atoms with Crippen molar-refractivity contribution in [2.45, 2.75) is 220 Å². The molecule has 5 N–H and O–H groups in total. The standard InChI is InChI=1S/C67H94I3N3O18/c1-36-20-14-12-15-21-37(2)48(76)34-46-26-24-42(7)67(85,91-46)63(81)64(82)73-28-18-17-22-47(73)65(83)90-51(35-49(77)38(3)31-41(6)61(80)62(87-11)60(79)40(5)30-36)39(4)32-45-25-27-50(52(33-45)86-10)89-53(78)23-16-13-19-29-88-66(84)54-55(68)58(71-43(8)74)57(70)59(56(54)69)72-44(9)75/h12,14-15,20-21,31,36,38-40,42,45-48,50-52,61-62,76,80,85H,13,16-19,22-30,32-35H2,1-11H3,(H,71,74)(H,72,75)/b15-12+,20-14+,37-21+,41-31+/t36-,38-,39-,40-,42-,45+,46+,47+,48+,50-,51+,52-,61-,62+,67-/m1/s1. The topological polar surface area (TPSA) is 297 Å². The van der Waals surface area contributed by atoms with Gasteiger partial charge in [0.1, 0.15) is 36.2 Å². The van der Waals surface area contributed by atoms with Crippen molar-refractivity contribution in [1.29, 1.82) is 0 Å². The van der Waals surface area contributed by atoms with Crippen molar-refractivity contribution in [2.75, 3.05) is 38.0 Å². The van der Waals surface area contributed by atoms with Crippen molar-refractivity contribution in [3.63, 3.8) is 0 Å². The summed E-state index contributed by atoms with van der Waals surface area (Å²) in [5.41, 5.74) is 1.90. The average Bonchev–Trinajstić information content (AvgIpc) is 0.813. The summed E-state index contributed by atoms with van der Waals surface area (Å²) in [5.74, 6) is -10.7. The number of cyclic esters (lactones) is 1. The van der Waals surface area contributed by atoms with Gasteiger partial charge in [0.05, 0.1) is 52.6 Å². The van der Waals surface area contributed by atoms with Crippen LogP contribution in [0.3, 0.4) is 0 Å². The SMILES string of the molecule is CO[C@@H]1C[C@H](C[C@@H](C)[C@@H]2CC(=O)[C@H](C)/C=C(\C)[C@@H](O)[C@@H](OC)C(=O)[C@H](C)C[C@H](C)/C=C/C=C/C=C(\C)[C@@H](O)C[C@@H]3CC[C@@H](C)[C@@](O)(O3)C(=O)C(=O)N3CCCC[C@H]3C(=O)O2)CC[C@H]1OC(=O)CCCCCOC(=O)c1c(I)c(NC(C)=O)c(I)c(NC(C)=O)c1I. The van der Waals surface area contributed by atoms with Crippen LogP contribution in [0.2, 0.25) is 0 Å². The monoisotopic (exact) mass is 1610 g/mol. The van der Waals surface area contributed by atoms with Crippen LogP contribution in [-0.2, 0) is 66.8 Å². The fraction of sp³-hybridized carbons (Fsp3) is 0.657. The van der Waals surface area contributed by atoms with Gasteiger partial charge < -0.3 is 59.3 Å². The van der Waals surface area contributed by atoms with E-state index in [1.165, 1.54) is 21.0 Å². The summed E-state index contributed by atoms with van der Waals surface area (Å²) >= 11 is 5.96. The minimum Gasteiger partial charge on any atom is -0.462 e. The first-order chi connectivity index (χ1) is 42.9. The Kier molecular flexibility index (Phi) is 31.4. The number of benzene rings is 1. The number of fused-ring (bicyclic) bond motifs is 3. The number of carbonyl (C=O) groups excluding carboxylic acids is 9. The fourth-order valence-corrected chi connectivity index (χ4v) is 16.5. The highest BCUT2D eigenvalue weighted by Crippen LogP contribution is 2.41. The van der Waals surface area contributed by atoms with Gasteiger partial charge in [0.25, 0.3) is 11.7 Å². The molecule has 15 atom stereocenters. The summed E-state index contributed by atoms with van der Waals surface area (Å²) in [6, 6.07) is -1.23. The summed E-state index contributed by atoms with van der Waals surface area (Å²) < 4.78 is 37.1. The van der Waals surface area contributed by atoms with Crippen LogP contribution in [0.4, 0.5) is 11.4 Å². The number of hydrogen-bond acceptors (Lipinski definition) is 18. The molecule has 91 heavy (non-hydrogen) atoms. The molecule has 506 valence electrons. The van der Waals surface area contributed by atoms with E-state index in [4.69, 9.17) is 28.4 Å². The number of ether oxygens (including phenoxy) is 6. The third-order valence-corrected chi connectivity index (χ3v) is 21.1. The van der Waals surface area contributed by atoms with E-state index >= 15 is 0 Å². The molecule has 2 saturated heterocycles. The lowest BCUT2D eigenvalue weighted by molar-refractivity contribution is -0.265. The summed E-state index contributed by atoms with van der Waals surface area (Å²) in [5, 5.41) is 40.3. The quantitative estimate of drug-likeness (QED) is 0.0272. The van der Waals surface area contributed by atoms with Gasteiger partial charge in [-0.2, -0.15) is 0 Å². The van der Waals surface area contributed by atoms with Crippen LogP contribution in [0.5, 0.6) is 0 Å². The number of nitrogens with one attached hydrogen (secondary N) is 2. The van der Waals surface area contributed by atoms with Crippen molar-refractivity contribution in [3.8, 4) is 0 Å². The number of ketones is 3. The van der Waals surface area contributed by atoms with Gasteiger partial charge in [0.15, 0.2) is 5.78 Å². The molecule has 24 heteroatoms. The first-order valence-corrected chi connectivity index (χ1v) is 34.9. The number of allylic oxidation sites excluding steroid dienone is 6. The molecule has 3 amide bonds. The summed E-state index contributed by atoms with van der Waals surface area (Å²) in [7, 11) is 2.89. The van der Waals surface area contributed by atoms with E-state index in [0.29, 0.717) is 110 Å². The van der Waals surface area contributed by atoms with Crippen LogP contribution >= 0.6 is 67.8 Å². The third kappa shape index (κ3) is 21.7. The molecule has 0 unspecified atom stereocenters. The van der Waals surface area contributed by atoms with Gasteiger partial charge in [0.2, 0.25) is 17.6 Å². The van der Waals surface area contributed by atoms with Gasteiger partial charge >= 0.3 is 17.9 Å². The number of rotatable bonds is 15. The number of methoxy groups -OCH3 is 2. The Morgan fingerprint density at radius 2 is 1.46 bits per heavy atom. The fourth-order valence-electron chi connectivity index (χ4n) is 12.4. The van der Waals surface area contributed by atoms with E-state index < -0.39 is 108 Å². The molecular weight excluding hydrogens is 1520 g/mol. The van der Waals surface area contributed by atoms with E-state index in [0.717, 1.165) is 4.90 Å². The zero-order valence-corrected chi connectivity index (χ0v) is 60.8. The maximum Gasteiger partial charge on any atom is 0.340 e. The largest absolute Gasteiger partial charge is 0.462 e. The number of unbranched alkanes of at least 4 members (excludes halogenated alkanes) is 2. The minimum absolute atomic E-state index is 0.0149. The maximum absolute atomic E-state index is 14.7. The highest BCUT2D eigenvalue weighted by Gasteiger charge is 2.53. The molecule has 5 rings (SSSR count). The number of aliphatic hydroxyl groups excluding tert-OH is 2. The van der Waals surface area contributed by atoms with Crippen molar-refractivity contribution in [2.24, 2.45) is 35.5 Å². The summed E-state index contributed by atoms with van der Waals surface area (Å²) in [4.78, 5) is 124. The molecule has 1 aromatic rings. The number of aliphatic hydroxyl groups is 3. The van der Waals surface area contributed by atoms with Crippen LogP contribution in [-0.4, -0.2) is 155 Å². The van der Waals surface area contributed by atoms with Crippen LogP contribution in [0.15, 0.2) is 47.6 Å². The third-order valence-electron chi connectivity index (χ3n) is 17.9. The number of anilines is 2. The molecule has 0 spiro atoms. The lowest BCUT2D eigenvalue weighted by Crippen LogP contribution is -2.61. The number of nitrogens with zero attached hydrogens (tertiary/aromatic N) is 1. The summed E-state index contributed by atoms with van der Waals surface area (Å²) in [6.07, 6.45) is 9.83. The lowest BCUT2D eigenvalue weighted by atomic mass is 9.78. The summed E-state index contributed by atoms with van der Waals surface area (Å²) in [6.45, 7) is 15.0. The molecule has 1 aliphatic carbocycles. The number of Topliss-reactive ketones (excluding diaryl/α,β-unsaturated/α-hetero) is 3. The molecule has 1 aromatic carbocycles. The highest BCUT2D eigenvalue weighted by molar-refractivity contribution is 14.1. The predicted octanol–water partition coefficient (Wildman–Crippen LogP) is 10.2. The molecule has 0 aromatic heterocycles. The molecule has 3 aliphatic heterocycles. The van der Waals surface area contributed by atoms with Crippen LogP contribution in [0, 0.1) is 46.2 Å². The predicted molar refractivity (Wildman–Crippen MR) is 366 cm³/mol. The van der Waals surface area contributed by atoms with Crippen molar-refractivity contribution < 1.29 is 86.9 Å². The number of carbonyl (C=O) groups is 9. The normalized spacial score (nSPS) is 31.9. The number of piperidine rings is 1. The molecule has 3 fully saturated rings. The van der Waals surface area contributed by atoms with Crippen molar-refractivity contribution in [3.05, 3.63) is 63.9 Å². The van der Waals surface area contributed by atoms with Gasteiger partial charge in [0, 0.05) is 71.6 Å². The van der Waals surface area contributed by atoms with Gasteiger partial charge in [-0.15, -0.1) is 0 Å². The van der Waals surface area contributed by atoms with Gasteiger partial charge in [-0.05, 0) is 194 Å². The number of hydrogen-bond donors (Lipinski definition) is 5. The molecule has 0 radical (unpaired) electrons. The van der Waals surface area contributed by atoms with Crippen molar-refractivity contribution in [1.82, 2.24) is 4.90 Å². The first kappa shape index (κ1) is 77.7. The Bertz CT molecular complexity index is 2870. The lowest BCUT2D eigenvalue weighted by Gasteiger charge is -2.42. The Morgan fingerprint density at radius 3 is 2.10 bits per heavy atom. The van der Waals surface area contributed by atoms with Crippen molar-refractivity contribution >= 4 is 132 Å². The Morgan fingerprint density at radius 1 is 0.791 bits per heavy atom. The smallest absolute Gasteiger partial charge is 0.340 e. The van der Waals surface area contributed by atoms with E-state index in [1.807, 2.05) is 93.8 Å². The molecule has 1 saturated carbocycles. The van der Waals surface area contributed by atoms with Gasteiger partial charge in [-0.1, -0.05) is 71.1 Å². The van der Waals surface area contributed by atoms with Gasteiger partial charge in [-0.25, -0.2) is 9.59 Å². The minimum atomic E-state index is -2.54. The Labute approximate surface area is 576 Å². The molecule has 2 bridgehead atoms. The van der Waals surface area contributed by atoms with E-state index in [2.05, 4.69) is 10.6 Å². The molecular formula is C67H94I3N3O18.